The Morgan fingerprint density at radius 2 is 2.00 bits per heavy atom. The number of oxazole rings is 1. The number of anilines is 3. The van der Waals surface area contributed by atoms with Crippen molar-refractivity contribution in [2.45, 2.75) is 26.7 Å². The average molecular weight is 520 g/mol. The highest BCUT2D eigenvalue weighted by Crippen LogP contribution is 2.36. The fourth-order valence-electron chi connectivity index (χ4n) is 4.82. The number of hydrogen-bond donors (Lipinski definition) is 1. The van der Waals surface area contributed by atoms with Crippen LogP contribution in [0, 0.1) is 12.8 Å². The molecule has 0 aliphatic carbocycles. The van der Waals surface area contributed by atoms with Crippen LogP contribution in [-0.4, -0.2) is 65.2 Å². The van der Waals surface area contributed by atoms with Crippen LogP contribution in [0.15, 0.2) is 35.1 Å². The molecule has 6 rings (SSSR count). The normalized spacial score (nSPS) is 18.4. The lowest BCUT2D eigenvalue weighted by molar-refractivity contribution is 0.102. The summed E-state index contributed by atoms with van der Waals surface area (Å²) in [6.07, 6.45) is 5.36. The van der Waals surface area contributed by atoms with E-state index in [1.54, 1.807) is 17.5 Å². The van der Waals surface area contributed by atoms with E-state index >= 15 is 0 Å². The molecule has 0 radical (unpaired) electrons. The highest BCUT2D eigenvalue weighted by Gasteiger charge is 2.25. The zero-order valence-corrected chi connectivity index (χ0v) is 21.8. The second kappa shape index (κ2) is 10.1. The lowest BCUT2D eigenvalue weighted by Crippen LogP contribution is -2.36. The van der Waals surface area contributed by atoms with Gasteiger partial charge in [0.2, 0.25) is 5.89 Å². The van der Waals surface area contributed by atoms with Gasteiger partial charge in [0, 0.05) is 43.6 Å². The van der Waals surface area contributed by atoms with Crippen molar-refractivity contribution >= 4 is 44.2 Å². The van der Waals surface area contributed by atoms with Crippen LogP contribution in [0.4, 0.5) is 16.6 Å². The van der Waals surface area contributed by atoms with E-state index in [0.29, 0.717) is 36.4 Å². The van der Waals surface area contributed by atoms with Gasteiger partial charge in [0.05, 0.1) is 23.6 Å². The number of carbonyl (C=O) groups excluding carboxylic acids is 1. The third kappa shape index (κ3) is 5.01. The van der Waals surface area contributed by atoms with Gasteiger partial charge in [-0.3, -0.25) is 9.78 Å². The first-order valence-electron chi connectivity index (χ1n) is 12.6. The SMILES string of the molecule is Cc1cc(-c2nc(C(=O)Nc3cc4sc(N5CCOCC5)nc4nc3N3CCC[C@H](C)C3)co2)ccn1. The Bertz CT molecular complexity index is 1430. The summed E-state index contributed by atoms with van der Waals surface area (Å²) in [6.45, 7) is 8.94. The molecule has 10 nitrogen and oxygen atoms in total. The average Bonchev–Trinajstić information content (AvgIpc) is 3.56. The van der Waals surface area contributed by atoms with Crippen LogP contribution in [0.2, 0.25) is 0 Å². The molecule has 2 aliphatic rings. The molecule has 6 heterocycles. The number of aromatic nitrogens is 4. The molecule has 0 bridgehead atoms. The summed E-state index contributed by atoms with van der Waals surface area (Å²) in [5.74, 6) is 1.34. The molecule has 0 aromatic carbocycles. The number of rotatable bonds is 5. The van der Waals surface area contributed by atoms with Crippen LogP contribution < -0.4 is 15.1 Å². The summed E-state index contributed by atoms with van der Waals surface area (Å²) in [4.78, 5) is 36.2. The highest BCUT2D eigenvalue weighted by atomic mass is 32.1. The second-order valence-corrected chi connectivity index (χ2v) is 10.7. The van der Waals surface area contributed by atoms with Crippen molar-refractivity contribution in [3.63, 3.8) is 0 Å². The van der Waals surface area contributed by atoms with Gasteiger partial charge >= 0.3 is 0 Å². The number of carbonyl (C=O) groups is 1. The van der Waals surface area contributed by atoms with Gasteiger partial charge in [0.25, 0.3) is 5.91 Å². The lowest BCUT2D eigenvalue weighted by atomic mass is 10.0. The lowest BCUT2D eigenvalue weighted by Gasteiger charge is -2.33. The molecule has 37 heavy (non-hydrogen) atoms. The number of aryl methyl sites for hydroxylation is 1. The number of hydrogen-bond acceptors (Lipinski definition) is 10. The van der Waals surface area contributed by atoms with Crippen LogP contribution in [-0.2, 0) is 4.74 Å². The molecule has 1 N–H and O–H groups in total. The smallest absolute Gasteiger partial charge is 0.277 e. The molecule has 11 heteroatoms. The van der Waals surface area contributed by atoms with E-state index in [0.717, 1.165) is 59.5 Å². The van der Waals surface area contributed by atoms with Crippen LogP contribution in [0.5, 0.6) is 0 Å². The number of pyridine rings is 2. The van der Waals surface area contributed by atoms with Gasteiger partial charge in [-0.25, -0.2) is 9.97 Å². The van der Waals surface area contributed by atoms with E-state index in [9.17, 15) is 4.79 Å². The molecule has 2 fully saturated rings. The molecule has 192 valence electrons. The third-order valence-corrected chi connectivity index (χ3v) is 7.77. The third-order valence-electron chi connectivity index (χ3n) is 6.72. The maximum atomic E-state index is 13.3. The molecular formula is C26H29N7O3S. The summed E-state index contributed by atoms with van der Waals surface area (Å²) in [6, 6.07) is 5.67. The van der Waals surface area contributed by atoms with E-state index in [4.69, 9.17) is 19.1 Å². The summed E-state index contributed by atoms with van der Waals surface area (Å²) in [5, 5.41) is 3.99. The quantitative estimate of drug-likeness (QED) is 0.411. The Morgan fingerprint density at radius 3 is 2.81 bits per heavy atom. The highest BCUT2D eigenvalue weighted by molar-refractivity contribution is 7.22. The fourth-order valence-corrected chi connectivity index (χ4v) is 5.82. The van der Waals surface area contributed by atoms with Crippen molar-refractivity contribution in [1.29, 1.82) is 0 Å². The zero-order chi connectivity index (χ0) is 25.4. The maximum Gasteiger partial charge on any atom is 0.277 e. The molecule has 4 aromatic rings. The number of morpholine rings is 1. The van der Waals surface area contributed by atoms with Gasteiger partial charge in [-0.2, -0.15) is 4.98 Å². The molecule has 0 unspecified atom stereocenters. The number of thiazole rings is 1. The number of fused-ring (bicyclic) bond motifs is 1. The maximum absolute atomic E-state index is 13.3. The fraction of sp³-hybridized carbons (Fsp3) is 0.423. The van der Waals surface area contributed by atoms with Crippen molar-refractivity contribution in [3.8, 4) is 11.5 Å². The van der Waals surface area contributed by atoms with Crippen LogP contribution in [0.3, 0.4) is 0 Å². The van der Waals surface area contributed by atoms with Crippen LogP contribution >= 0.6 is 11.3 Å². The zero-order valence-electron chi connectivity index (χ0n) is 20.9. The summed E-state index contributed by atoms with van der Waals surface area (Å²) in [5.41, 5.74) is 3.20. The minimum atomic E-state index is -0.342. The van der Waals surface area contributed by atoms with Crippen LogP contribution in [0.1, 0.15) is 35.9 Å². The molecule has 1 atom stereocenters. The molecule has 2 saturated heterocycles. The summed E-state index contributed by atoms with van der Waals surface area (Å²) >= 11 is 1.59. The number of amides is 1. The number of nitrogens with one attached hydrogen (secondary N) is 1. The van der Waals surface area contributed by atoms with Gasteiger partial charge in [0.15, 0.2) is 22.3 Å². The number of piperidine rings is 1. The minimum Gasteiger partial charge on any atom is -0.444 e. The van der Waals surface area contributed by atoms with Gasteiger partial charge in [-0.15, -0.1) is 0 Å². The van der Waals surface area contributed by atoms with Gasteiger partial charge in [-0.1, -0.05) is 18.3 Å². The molecule has 0 saturated carbocycles. The van der Waals surface area contributed by atoms with Crippen molar-refractivity contribution < 1.29 is 13.9 Å². The second-order valence-electron chi connectivity index (χ2n) is 9.65. The molecule has 0 spiro atoms. The first-order valence-corrected chi connectivity index (χ1v) is 13.4. The monoisotopic (exact) mass is 519 g/mol. The Hall–Kier alpha value is -3.57. The standard InChI is InChI=1S/C26H29N7O3S/c1-16-4-3-7-33(14-16)23-19(13-21-22(30-23)31-26(37-21)32-8-10-35-11-9-32)28-24(34)20-15-36-25(29-20)18-5-6-27-17(2)12-18/h5-6,12-13,15-16H,3-4,7-11,14H2,1-2H3,(H,28,34)/t16-/m0/s1. The van der Waals surface area contributed by atoms with E-state index in [1.165, 1.54) is 12.7 Å². The van der Waals surface area contributed by atoms with Crippen molar-refractivity contribution in [2.75, 3.05) is 54.5 Å². The first kappa shape index (κ1) is 23.8. The number of ether oxygens (including phenoxy) is 1. The number of nitrogens with zero attached hydrogens (tertiary/aromatic N) is 6. The van der Waals surface area contributed by atoms with Crippen molar-refractivity contribution in [2.24, 2.45) is 5.92 Å². The largest absolute Gasteiger partial charge is 0.444 e. The Labute approximate surface area is 218 Å². The Kier molecular flexibility index (Phi) is 6.47. The van der Waals surface area contributed by atoms with Gasteiger partial charge in [-0.05, 0) is 43.9 Å². The van der Waals surface area contributed by atoms with Gasteiger partial charge in [0.1, 0.15) is 6.26 Å². The Morgan fingerprint density at radius 1 is 1.14 bits per heavy atom. The molecular weight excluding hydrogens is 490 g/mol. The summed E-state index contributed by atoms with van der Waals surface area (Å²) in [7, 11) is 0. The predicted octanol–water partition coefficient (Wildman–Crippen LogP) is 4.37. The van der Waals surface area contributed by atoms with E-state index in [2.05, 4.69) is 32.0 Å². The van der Waals surface area contributed by atoms with Crippen molar-refractivity contribution in [3.05, 3.63) is 42.0 Å². The van der Waals surface area contributed by atoms with Gasteiger partial charge < -0.3 is 24.3 Å². The topological polar surface area (TPSA) is 110 Å². The van der Waals surface area contributed by atoms with Crippen LogP contribution in [0.25, 0.3) is 21.8 Å². The van der Waals surface area contributed by atoms with E-state index in [-0.39, 0.29) is 11.6 Å². The molecule has 1 amide bonds. The van der Waals surface area contributed by atoms with E-state index in [1.807, 2.05) is 25.1 Å². The van der Waals surface area contributed by atoms with Crippen molar-refractivity contribution in [1.82, 2.24) is 19.9 Å². The first-order chi connectivity index (χ1) is 18.0. The predicted molar refractivity (Wildman–Crippen MR) is 143 cm³/mol. The molecule has 2 aliphatic heterocycles. The van der Waals surface area contributed by atoms with E-state index < -0.39 is 0 Å². The minimum absolute atomic E-state index is 0.209. The summed E-state index contributed by atoms with van der Waals surface area (Å²) < 4.78 is 12.0. The Balaban J connectivity index is 1.32. The molecule has 4 aromatic heterocycles.